The fourth-order valence-electron chi connectivity index (χ4n) is 2.25. The second-order valence-corrected chi connectivity index (χ2v) is 4.80. The number of hydrogen-bond donors (Lipinski definition) is 2. The standard InChI is InChI=1S/C17H16N2O2/c1-21-17-5-4-15(9-16(17)20)19-10-12-2-3-14-11-18-7-6-13(14)8-12/h2-9,11,19-20H,10H2,1H3. The van der Waals surface area contributed by atoms with Crippen LogP contribution in [-0.2, 0) is 6.54 Å². The number of ether oxygens (including phenoxy) is 1. The van der Waals surface area contributed by atoms with Gasteiger partial charge in [0.2, 0.25) is 0 Å². The molecule has 21 heavy (non-hydrogen) atoms. The van der Waals surface area contributed by atoms with Crippen LogP contribution in [0.15, 0.2) is 54.9 Å². The number of benzene rings is 2. The van der Waals surface area contributed by atoms with Gasteiger partial charge in [-0.25, -0.2) is 0 Å². The van der Waals surface area contributed by atoms with Crippen LogP contribution >= 0.6 is 0 Å². The van der Waals surface area contributed by atoms with Crippen molar-refractivity contribution in [1.29, 1.82) is 0 Å². The Hall–Kier alpha value is -2.75. The largest absolute Gasteiger partial charge is 0.504 e. The Bertz CT molecular complexity index is 772. The summed E-state index contributed by atoms with van der Waals surface area (Å²) in [4.78, 5) is 4.11. The molecule has 0 atom stereocenters. The number of hydrogen-bond acceptors (Lipinski definition) is 4. The van der Waals surface area contributed by atoms with Crippen LogP contribution in [0.2, 0.25) is 0 Å². The average Bonchev–Trinajstić information content (AvgIpc) is 2.53. The number of rotatable bonds is 4. The van der Waals surface area contributed by atoms with Crippen LogP contribution in [0.4, 0.5) is 5.69 Å². The Balaban J connectivity index is 1.75. The van der Waals surface area contributed by atoms with Crippen molar-refractivity contribution in [3.05, 3.63) is 60.4 Å². The van der Waals surface area contributed by atoms with E-state index < -0.39 is 0 Å². The highest BCUT2D eigenvalue weighted by atomic mass is 16.5. The second kappa shape index (κ2) is 5.71. The fraction of sp³-hybridized carbons (Fsp3) is 0.118. The van der Waals surface area contributed by atoms with Crippen molar-refractivity contribution in [3.8, 4) is 11.5 Å². The maximum atomic E-state index is 9.76. The molecule has 0 aliphatic rings. The van der Waals surface area contributed by atoms with E-state index in [2.05, 4.69) is 28.5 Å². The van der Waals surface area contributed by atoms with Crippen molar-refractivity contribution in [2.24, 2.45) is 0 Å². The normalized spacial score (nSPS) is 10.5. The first-order chi connectivity index (χ1) is 10.3. The topological polar surface area (TPSA) is 54.4 Å². The molecule has 0 bridgehead atoms. The molecule has 0 aliphatic heterocycles. The van der Waals surface area contributed by atoms with Gasteiger partial charge in [0.25, 0.3) is 0 Å². The molecule has 2 aromatic carbocycles. The number of aromatic hydroxyl groups is 1. The minimum Gasteiger partial charge on any atom is -0.504 e. The Morgan fingerprint density at radius 1 is 1.10 bits per heavy atom. The average molecular weight is 280 g/mol. The van der Waals surface area contributed by atoms with Crippen molar-refractivity contribution in [1.82, 2.24) is 4.98 Å². The van der Waals surface area contributed by atoms with Gasteiger partial charge in [0.15, 0.2) is 11.5 Å². The zero-order valence-electron chi connectivity index (χ0n) is 11.7. The smallest absolute Gasteiger partial charge is 0.160 e. The number of nitrogens with zero attached hydrogens (tertiary/aromatic N) is 1. The van der Waals surface area contributed by atoms with Crippen molar-refractivity contribution < 1.29 is 9.84 Å². The highest BCUT2D eigenvalue weighted by Crippen LogP contribution is 2.28. The molecule has 4 heteroatoms. The Kier molecular flexibility index (Phi) is 3.60. The molecule has 3 rings (SSSR count). The third-order valence-corrected chi connectivity index (χ3v) is 3.38. The summed E-state index contributed by atoms with van der Waals surface area (Å²) in [5.41, 5.74) is 2.02. The molecule has 0 saturated heterocycles. The van der Waals surface area contributed by atoms with Crippen molar-refractivity contribution in [2.45, 2.75) is 6.54 Å². The van der Waals surface area contributed by atoms with Gasteiger partial charge >= 0.3 is 0 Å². The first-order valence-electron chi connectivity index (χ1n) is 6.70. The summed E-state index contributed by atoms with van der Waals surface area (Å²) in [6.45, 7) is 0.685. The first kappa shape index (κ1) is 13.2. The zero-order valence-corrected chi connectivity index (χ0v) is 11.7. The van der Waals surface area contributed by atoms with Crippen LogP contribution in [0.1, 0.15) is 5.56 Å². The monoisotopic (exact) mass is 280 g/mol. The van der Waals surface area contributed by atoms with Gasteiger partial charge in [-0.3, -0.25) is 4.98 Å². The summed E-state index contributed by atoms with van der Waals surface area (Å²) in [7, 11) is 1.53. The summed E-state index contributed by atoms with van der Waals surface area (Å²) in [6, 6.07) is 13.5. The van der Waals surface area contributed by atoms with Gasteiger partial charge in [-0.05, 0) is 35.2 Å². The number of nitrogens with one attached hydrogen (secondary N) is 1. The van der Waals surface area contributed by atoms with Gasteiger partial charge in [0.05, 0.1) is 7.11 Å². The fourth-order valence-corrected chi connectivity index (χ4v) is 2.25. The van der Waals surface area contributed by atoms with Crippen molar-refractivity contribution >= 4 is 16.5 Å². The molecular formula is C17H16N2O2. The molecule has 0 saturated carbocycles. The van der Waals surface area contributed by atoms with Crippen molar-refractivity contribution in [3.63, 3.8) is 0 Å². The third kappa shape index (κ3) is 2.89. The lowest BCUT2D eigenvalue weighted by Crippen LogP contribution is -1.99. The number of methoxy groups -OCH3 is 1. The SMILES string of the molecule is COc1ccc(NCc2ccc3cnccc3c2)cc1O. The summed E-state index contributed by atoms with van der Waals surface area (Å²) in [6.07, 6.45) is 3.65. The molecule has 3 aromatic rings. The predicted molar refractivity (Wildman–Crippen MR) is 83.7 cm³/mol. The molecule has 4 nitrogen and oxygen atoms in total. The summed E-state index contributed by atoms with van der Waals surface area (Å²) >= 11 is 0. The lowest BCUT2D eigenvalue weighted by Gasteiger charge is -2.09. The lowest BCUT2D eigenvalue weighted by molar-refractivity contribution is 0.373. The molecule has 1 aromatic heterocycles. The van der Waals surface area contributed by atoms with E-state index in [0.29, 0.717) is 12.3 Å². The molecule has 0 spiro atoms. The summed E-state index contributed by atoms with van der Waals surface area (Å²) in [5.74, 6) is 0.603. The molecule has 106 valence electrons. The maximum absolute atomic E-state index is 9.76. The van der Waals surface area contributed by atoms with E-state index in [-0.39, 0.29) is 5.75 Å². The highest BCUT2D eigenvalue weighted by Gasteiger charge is 2.02. The lowest BCUT2D eigenvalue weighted by atomic mass is 10.1. The van der Waals surface area contributed by atoms with Crippen LogP contribution < -0.4 is 10.1 Å². The van der Waals surface area contributed by atoms with Gasteiger partial charge in [0.1, 0.15) is 0 Å². The molecule has 1 heterocycles. The molecular weight excluding hydrogens is 264 g/mol. The van der Waals surface area contributed by atoms with Gasteiger partial charge in [0, 0.05) is 36.1 Å². The van der Waals surface area contributed by atoms with Crippen LogP contribution in [-0.4, -0.2) is 17.2 Å². The minimum absolute atomic E-state index is 0.132. The zero-order chi connectivity index (χ0) is 14.7. The first-order valence-corrected chi connectivity index (χ1v) is 6.70. The van der Waals surface area contributed by atoms with Crippen molar-refractivity contribution in [2.75, 3.05) is 12.4 Å². The molecule has 0 radical (unpaired) electrons. The van der Waals surface area contributed by atoms with E-state index in [1.165, 1.54) is 18.1 Å². The number of pyridine rings is 1. The quantitative estimate of drug-likeness (QED) is 0.767. The Morgan fingerprint density at radius 2 is 2.00 bits per heavy atom. The number of phenolic OH excluding ortho intramolecular Hbond substituents is 1. The maximum Gasteiger partial charge on any atom is 0.160 e. The predicted octanol–water partition coefficient (Wildman–Crippen LogP) is 3.56. The summed E-state index contributed by atoms with van der Waals surface area (Å²) < 4.78 is 5.03. The minimum atomic E-state index is 0.132. The number of fused-ring (bicyclic) bond motifs is 1. The van der Waals surface area contributed by atoms with E-state index in [4.69, 9.17) is 4.74 Å². The van der Waals surface area contributed by atoms with Gasteiger partial charge in [-0.1, -0.05) is 12.1 Å². The van der Waals surface area contributed by atoms with Crippen LogP contribution in [0.5, 0.6) is 11.5 Å². The van der Waals surface area contributed by atoms with Gasteiger partial charge in [-0.2, -0.15) is 0 Å². The Labute approximate surface area is 123 Å². The molecule has 2 N–H and O–H groups in total. The number of aromatic nitrogens is 1. The molecule has 0 amide bonds. The van der Waals surface area contributed by atoms with Gasteiger partial charge in [-0.15, -0.1) is 0 Å². The third-order valence-electron chi connectivity index (χ3n) is 3.38. The second-order valence-electron chi connectivity index (χ2n) is 4.80. The van der Waals surface area contributed by atoms with Gasteiger partial charge < -0.3 is 15.2 Å². The van der Waals surface area contributed by atoms with E-state index >= 15 is 0 Å². The van der Waals surface area contributed by atoms with Crippen LogP contribution in [0.3, 0.4) is 0 Å². The molecule has 0 aliphatic carbocycles. The number of phenols is 1. The summed E-state index contributed by atoms with van der Waals surface area (Å²) in [5, 5.41) is 15.3. The number of anilines is 1. The van der Waals surface area contributed by atoms with E-state index in [1.54, 1.807) is 18.3 Å². The van der Waals surface area contributed by atoms with E-state index in [1.807, 2.05) is 18.3 Å². The molecule has 0 unspecified atom stereocenters. The van der Waals surface area contributed by atoms with Crippen LogP contribution in [0, 0.1) is 0 Å². The molecule has 0 fully saturated rings. The highest BCUT2D eigenvalue weighted by molar-refractivity contribution is 5.82. The Morgan fingerprint density at radius 3 is 2.81 bits per heavy atom. The van der Waals surface area contributed by atoms with E-state index in [9.17, 15) is 5.11 Å². The van der Waals surface area contributed by atoms with Crippen LogP contribution in [0.25, 0.3) is 10.8 Å². The van der Waals surface area contributed by atoms with E-state index in [0.717, 1.165) is 11.1 Å².